The normalized spacial score (nSPS) is 18.3. The number of aromatic nitrogens is 3. The van der Waals surface area contributed by atoms with E-state index in [1.807, 2.05) is 6.20 Å². The molecule has 0 bridgehead atoms. The molecular formula is C18H22N6O2S. The molecule has 2 aliphatic rings. The highest BCUT2D eigenvalue weighted by Crippen LogP contribution is 2.39. The van der Waals surface area contributed by atoms with Gasteiger partial charge in [-0.05, 0) is 24.8 Å². The van der Waals surface area contributed by atoms with Crippen molar-refractivity contribution in [2.75, 3.05) is 11.9 Å². The highest BCUT2D eigenvalue weighted by molar-refractivity contribution is 7.19. The van der Waals surface area contributed by atoms with Crippen LogP contribution in [0.3, 0.4) is 0 Å². The van der Waals surface area contributed by atoms with Crippen molar-refractivity contribution in [2.24, 2.45) is 5.73 Å². The summed E-state index contributed by atoms with van der Waals surface area (Å²) >= 11 is 1.41. The van der Waals surface area contributed by atoms with Crippen LogP contribution < -0.4 is 11.1 Å². The maximum Gasteiger partial charge on any atom is 0.324 e. The monoisotopic (exact) mass is 386 g/mol. The van der Waals surface area contributed by atoms with Gasteiger partial charge in [-0.2, -0.15) is 0 Å². The second-order valence-electron chi connectivity index (χ2n) is 7.94. The number of likely N-dealkylation sites (tertiary alicyclic amines) is 1. The fraction of sp³-hybridized carbons (Fsp3) is 0.500. The summed E-state index contributed by atoms with van der Waals surface area (Å²) in [6, 6.07) is -0.864. The fourth-order valence-electron chi connectivity index (χ4n) is 3.25. The zero-order chi connectivity index (χ0) is 19.3. The standard InChI is InChI=1S/C18H22N6O2S/c1-18(2,3)15-20-8-9-4-5-10-13(12(9)22-15)27-16(21-10)23-17(26)24-7-6-11(24)14(19)25/h8,11H,4-7H2,1-3H3,(H2,19,25)(H,21,23,26). The molecule has 27 heavy (non-hydrogen) atoms. The van der Waals surface area contributed by atoms with Gasteiger partial charge >= 0.3 is 6.03 Å². The lowest BCUT2D eigenvalue weighted by Gasteiger charge is -2.38. The summed E-state index contributed by atoms with van der Waals surface area (Å²) < 4.78 is 0. The van der Waals surface area contributed by atoms with E-state index in [-0.39, 0.29) is 11.4 Å². The molecule has 1 unspecified atom stereocenters. The zero-order valence-corrected chi connectivity index (χ0v) is 16.4. The van der Waals surface area contributed by atoms with Gasteiger partial charge < -0.3 is 10.6 Å². The number of aryl methyl sites for hydroxylation is 2. The summed E-state index contributed by atoms with van der Waals surface area (Å²) in [5, 5.41) is 3.32. The molecule has 0 aromatic carbocycles. The third-order valence-corrected chi connectivity index (χ3v) is 5.92. The van der Waals surface area contributed by atoms with Crippen LogP contribution in [0.5, 0.6) is 0 Å². The number of anilines is 1. The van der Waals surface area contributed by atoms with Crippen molar-refractivity contribution < 1.29 is 9.59 Å². The first-order chi connectivity index (χ1) is 12.7. The highest BCUT2D eigenvalue weighted by Gasteiger charge is 2.37. The molecule has 2 aromatic heterocycles. The predicted octanol–water partition coefficient (Wildman–Crippen LogP) is 2.09. The molecule has 4 rings (SSSR count). The molecule has 0 radical (unpaired) electrons. The molecule has 0 saturated carbocycles. The molecule has 1 aliphatic carbocycles. The molecule has 0 spiro atoms. The Morgan fingerprint density at radius 3 is 2.70 bits per heavy atom. The van der Waals surface area contributed by atoms with Gasteiger partial charge in [0.05, 0.1) is 16.3 Å². The van der Waals surface area contributed by atoms with Crippen LogP contribution in [0.15, 0.2) is 6.20 Å². The highest BCUT2D eigenvalue weighted by atomic mass is 32.1. The van der Waals surface area contributed by atoms with E-state index in [0.29, 0.717) is 18.1 Å². The van der Waals surface area contributed by atoms with Crippen LogP contribution in [0.1, 0.15) is 44.3 Å². The van der Waals surface area contributed by atoms with E-state index < -0.39 is 11.9 Å². The van der Waals surface area contributed by atoms with Crippen molar-refractivity contribution in [1.29, 1.82) is 0 Å². The average Bonchev–Trinajstić information content (AvgIpc) is 2.94. The van der Waals surface area contributed by atoms with Crippen molar-refractivity contribution in [1.82, 2.24) is 19.9 Å². The van der Waals surface area contributed by atoms with Gasteiger partial charge in [0.2, 0.25) is 5.91 Å². The number of nitrogens with zero attached hydrogens (tertiary/aromatic N) is 4. The van der Waals surface area contributed by atoms with Gasteiger partial charge in [-0.3, -0.25) is 10.1 Å². The smallest absolute Gasteiger partial charge is 0.324 e. The molecule has 3 heterocycles. The molecular weight excluding hydrogens is 364 g/mol. The molecule has 3 N–H and O–H groups in total. The zero-order valence-electron chi connectivity index (χ0n) is 15.6. The van der Waals surface area contributed by atoms with Crippen LogP contribution in [-0.4, -0.2) is 44.4 Å². The topological polar surface area (TPSA) is 114 Å². The number of carbonyl (C=O) groups excluding carboxylic acids is 2. The first kappa shape index (κ1) is 17.8. The number of fused-ring (bicyclic) bond motifs is 3. The van der Waals surface area contributed by atoms with Crippen LogP contribution >= 0.6 is 11.3 Å². The van der Waals surface area contributed by atoms with E-state index in [0.717, 1.165) is 40.5 Å². The van der Waals surface area contributed by atoms with Gasteiger partial charge in [0, 0.05) is 18.2 Å². The van der Waals surface area contributed by atoms with Gasteiger partial charge in [0.15, 0.2) is 5.13 Å². The number of carbonyl (C=O) groups is 2. The maximum atomic E-state index is 12.4. The Labute approximate surface area is 161 Å². The Morgan fingerprint density at radius 1 is 1.30 bits per heavy atom. The number of urea groups is 1. The van der Waals surface area contributed by atoms with E-state index in [9.17, 15) is 9.59 Å². The molecule has 1 saturated heterocycles. The molecule has 9 heteroatoms. The average molecular weight is 386 g/mol. The first-order valence-corrected chi connectivity index (χ1v) is 9.79. The molecule has 1 fully saturated rings. The van der Waals surface area contributed by atoms with E-state index in [2.05, 4.69) is 36.1 Å². The van der Waals surface area contributed by atoms with Crippen LogP contribution in [0.25, 0.3) is 10.6 Å². The lowest BCUT2D eigenvalue weighted by Crippen LogP contribution is -2.58. The van der Waals surface area contributed by atoms with Crippen LogP contribution in [0, 0.1) is 0 Å². The number of thiazole rings is 1. The second-order valence-corrected chi connectivity index (χ2v) is 8.94. The van der Waals surface area contributed by atoms with Crippen LogP contribution in [0.4, 0.5) is 9.93 Å². The molecule has 142 valence electrons. The summed E-state index contributed by atoms with van der Waals surface area (Å²) in [4.78, 5) is 40.0. The van der Waals surface area contributed by atoms with Crippen molar-refractivity contribution >= 4 is 28.4 Å². The largest absolute Gasteiger partial charge is 0.368 e. The van der Waals surface area contributed by atoms with Gasteiger partial charge in [-0.1, -0.05) is 32.1 Å². The van der Waals surface area contributed by atoms with Gasteiger partial charge in [-0.15, -0.1) is 0 Å². The Bertz CT molecular complexity index is 932. The first-order valence-electron chi connectivity index (χ1n) is 8.97. The van der Waals surface area contributed by atoms with Crippen LogP contribution in [0.2, 0.25) is 0 Å². The quantitative estimate of drug-likeness (QED) is 0.820. The summed E-state index contributed by atoms with van der Waals surface area (Å²) in [6.45, 7) is 6.77. The molecule has 2 aromatic rings. The number of hydrogen-bond donors (Lipinski definition) is 2. The molecule has 3 amide bonds. The van der Waals surface area contributed by atoms with Crippen LogP contribution in [-0.2, 0) is 23.1 Å². The van der Waals surface area contributed by atoms with Crippen molar-refractivity contribution in [3.8, 4) is 10.6 Å². The van der Waals surface area contributed by atoms with E-state index in [1.54, 1.807) is 0 Å². The number of nitrogens with one attached hydrogen (secondary N) is 1. The summed E-state index contributed by atoms with van der Waals surface area (Å²) in [7, 11) is 0. The lowest BCUT2D eigenvalue weighted by molar-refractivity contribution is -0.125. The number of primary amides is 1. The van der Waals surface area contributed by atoms with E-state index in [4.69, 9.17) is 10.7 Å². The fourth-order valence-corrected chi connectivity index (χ4v) is 4.28. The third kappa shape index (κ3) is 3.16. The summed E-state index contributed by atoms with van der Waals surface area (Å²) in [6.07, 6.45) is 4.14. The minimum Gasteiger partial charge on any atom is -0.368 e. The summed E-state index contributed by atoms with van der Waals surface area (Å²) in [5.41, 5.74) is 8.13. The third-order valence-electron chi connectivity index (χ3n) is 4.90. The minimum absolute atomic E-state index is 0.143. The number of hydrogen-bond acceptors (Lipinski definition) is 6. The number of nitrogens with two attached hydrogens (primary N) is 1. The predicted molar refractivity (Wildman–Crippen MR) is 103 cm³/mol. The van der Waals surface area contributed by atoms with E-state index >= 15 is 0 Å². The van der Waals surface area contributed by atoms with Crippen molar-refractivity contribution in [3.05, 3.63) is 23.3 Å². The Hall–Kier alpha value is -2.55. The second kappa shape index (κ2) is 6.26. The SMILES string of the molecule is CC(C)(C)c1ncc2c(n1)-c1sc(NC(=O)N3CCC3C(N)=O)nc1CC2. The van der Waals surface area contributed by atoms with Gasteiger partial charge in [0.1, 0.15) is 11.9 Å². The maximum absolute atomic E-state index is 12.4. The Kier molecular flexibility index (Phi) is 4.14. The van der Waals surface area contributed by atoms with Crippen molar-refractivity contribution in [3.63, 3.8) is 0 Å². The number of amides is 3. The van der Waals surface area contributed by atoms with Crippen molar-refractivity contribution in [2.45, 2.75) is 51.5 Å². The molecule has 8 nitrogen and oxygen atoms in total. The minimum atomic E-state index is -0.526. The Balaban J connectivity index is 1.60. The molecule has 1 aliphatic heterocycles. The van der Waals surface area contributed by atoms with Gasteiger partial charge in [-0.25, -0.2) is 19.7 Å². The Morgan fingerprint density at radius 2 is 2.07 bits per heavy atom. The van der Waals surface area contributed by atoms with E-state index in [1.165, 1.54) is 16.2 Å². The van der Waals surface area contributed by atoms with Gasteiger partial charge in [0.25, 0.3) is 0 Å². The number of rotatable bonds is 2. The lowest BCUT2D eigenvalue weighted by atomic mass is 9.94. The summed E-state index contributed by atoms with van der Waals surface area (Å²) in [5.74, 6) is 0.313. The molecule has 1 atom stereocenters.